The lowest BCUT2D eigenvalue weighted by atomic mass is 10.1. The predicted octanol–water partition coefficient (Wildman–Crippen LogP) is 3.33. The van der Waals surface area contributed by atoms with Crippen molar-refractivity contribution in [3.63, 3.8) is 0 Å². The third-order valence-corrected chi connectivity index (χ3v) is 3.90. The number of hydrogen-bond donors (Lipinski definition) is 1. The SMILES string of the molecule is Cc1cc(C)cc(NC(=O)c2nc(-c3cn(-c4cccc(F)c4)nn3)no2)c1. The second kappa shape index (κ2) is 7.03. The molecule has 9 heteroatoms. The molecule has 140 valence electrons. The zero-order valence-corrected chi connectivity index (χ0v) is 15.0. The zero-order valence-electron chi connectivity index (χ0n) is 15.0. The fraction of sp³-hybridized carbons (Fsp3) is 0.105. The number of halogens is 1. The summed E-state index contributed by atoms with van der Waals surface area (Å²) < 4.78 is 19.8. The van der Waals surface area contributed by atoms with Crippen LogP contribution in [-0.4, -0.2) is 31.0 Å². The lowest BCUT2D eigenvalue weighted by molar-refractivity contribution is 0.0981. The van der Waals surface area contributed by atoms with E-state index < -0.39 is 5.91 Å². The monoisotopic (exact) mass is 378 g/mol. The van der Waals surface area contributed by atoms with Crippen molar-refractivity contribution in [1.82, 2.24) is 25.1 Å². The summed E-state index contributed by atoms with van der Waals surface area (Å²) in [6.07, 6.45) is 1.52. The van der Waals surface area contributed by atoms with Gasteiger partial charge in [0.05, 0.1) is 11.9 Å². The van der Waals surface area contributed by atoms with Gasteiger partial charge in [0.1, 0.15) is 5.82 Å². The first-order chi connectivity index (χ1) is 13.5. The van der Waals surface area contributed by atoms with E-state index in [9.17, 15) is 9.18 Å². The van der Waals surface area contributed by atoms with Crippen LogP contribution in [0.2, 0.25) is 0 Å². The highest BCUT2D eigenvalue weighted by Crippen LogP contribution is 2.17. The Morgan fingerprint density at radius 1 is 1.14 bits per heavy atom. The molecule has 0 saturated heterocycles. The average Bonchev–Trinajstić information content (AvgIpc) is 3.30. The number of benzene rings is 2. The number of aryl methyl sites for hydroxylation is 2. The maximum absolute atomic E-state index is 13.4. The van der Waals surface area contributed by atoms with Crippen LogP contribution in [0.15, 0.2) is 53.2 Å². The van der Waals surface area contributed by atoms with Crippen LogP contribution < -0.4 is 5.32 Å². The third kappa shape index (κ3) is 3.63. The Kier molecular flexibility index (Phi) is 4.40. The number of carbonyl (C=O) groups is 1. The highest BCUT2D eigenvalue weighted by atomic mass is 19.1. The quantitative estimate of drug-likeness (QED) is 0.585. The van der Waals surface area contributed by atoms with Crippen LogP contribution >= 0.6 is 0 Å². The minimum atomic E-state index is -0.527. The molecule has 1 amide bonds. The van der Waals surface area contributed by atoms with Crippen molar-refractivity contribution in [3.8, 4) is 17.2 Å². The van der Waals surface area contributed by atoms with Crippen molar-refractivity contribution >= 4 is 11.6 Å². The summed E-state index contributed by atoms with van der Waals surface area (Å²) in [5.41, 5.74) is 3.47. The molecule has 2 heterocycles. The fourth-order valence-electron chi connectivity index (χ4n) is 2.76. The van der Waals surface area contributed by atoms with E-state index in [1.54, 1.807) is 12.1 Å². The van der Waals surface area contributed by atoms with E-state index in [1.165, 1.54) is 23.0 Å². The molecule has 0 aliphatic rings. The molecule has 2 aromatic heterocycles. The van der Waals surface area contributed by atoms with Crippen molar-refractivity contribution in [1.29, 1.82) is 0 Å². The van der Waals surface area contributed by atoms with Crippen molar-refractivity contribution in [3.05, 3.63) is 71.5 Å². The first-order valence-corrected chi connectivity index (χ1v) is 8.40. The van der Waals surface area contributed by atoms with Crippen LogP contribution in [0, 0.1) is 19.7 Å². The van der Waals surface area contributed by atoms with E-state index in [-0.39, 0.29) is 17.5 Å². The van der Waals surface area contributed by atoms with Crippen LogP contribution in [0.25, 0.3) is 17.2 Å². The van der Waals surface area contributed by atoms with Crippen LogP contribution in [0.4, 0.5) is 10.1 Å². The molecule has 4 rings (SSSR count). The molecule has 0 atom stereocenters. The number of amides is 1. The molecular weight excluding hydrogens is 363 g/mol. The molecule has 0 aliphatic carbocycles. The Labute approximate surface area is 159 Å². The summed E-state index contributed by atoms with van der Waals surface area (Å²) >= 11 is 0. The lowest BCUT2D eigenvalue weighted by Crippen LogP contribution is -2.12. The first kappa shape index (κ1) is 17.5. The molecule has 2 aromatic carbocycles. The van der Waals surface area contributed by atoms with Crippen LogP contribution in [-0.2, 0) is 0 Å². The molecule has 8 nitrogen and oxygen atoms in total. The van der Waals surface area contributed by atoms with Gasteiger partial charge in [0.25, 0.3) is 0 Å². The third-order valence-electron chi connectivity index (χ3n) is 3.90. The highest BCUT2D eigenvalue weighted by Gasteiger charge is 2.18. The van der Waals surface area contributed by atoms with E-state index in [4.69, 9.17) is 4.52 Å². The standard InChI is InChI=1S/C19H15FN6O2/c1-11-6-12(2)8-14(7-11)21-18(27)19-22-17(24-28-19)16-10-26(25-23-16)15-5-3-4-13(20)9-15/h3-10H,1-2H3,(H,21,27). The molecule has 0 spiro atoms. The fourth-order valence-corrected chi connectivity index (χ4v) is 2.76. The van der Waals surface area contributed by atoms with E-state index in [1.807, 2.05) is 32.0 Å². The van der Waals surface area contributed by atoms with Crippen molar-refractivity contribution in [2.75, 3.05) is 5.32 Å². The Morgan fingerprint density at radius 2 is 1.93 bits per heavy atom. The van der Waals surface area contributed by atoms with Gasteiger partial charge in [0.2, 0.25) is 5.82 Å². The Morgan fingerprint density at radius 3 is 2.68 bits per heavy atom. The van der Waals surface area contributed by atoms with E-state index in [0.29, 0.717) is 17.1 Å². The molecule has 4 aromatic rings. The maximum Gasteiger partial charge on any atom is 0.316 e. The second-order valence-corrected chi connectivity index (χ2v) is 6.28. The van der Waals surface area contributed by atoms with Gasteiger partial charge in [-0.05, 0) is 55.3 Å². The maximum atomic E-state index is 13.4. The van der Waals surface area contributed by atoms with Crippen LogP contribution in [0.3, 0.4) is 0 Å². The number of nitrogens with one attached hydrogen (secondary N) is 1. The van der Waals surface area contributed by atoms with Gasteiger partial charge in [0, 0.05) is 5.69 Å². The Hall–Kier alpha value is -3.88. The first-order valence-electron chi connectivity index (χ1n) is 8.40. The number of anilines is 1. The number of nitrogens with zero attached hydrogens (tertiary/aromatic N) is 5. The van der Waals surface area contributed by atoms with E-state index >= 15 is 0 Å². The van der Waals surface area contributed by atoms with Gasteiger partial charge in [-0.1, -0.05) is 22.5 Å². The van der Waals surface area contributed by atoms with Gasteiger partial charge in [-0.2, -0.15) is 4.98 Å². The Balaban J connectivity index is 1.53. The topological polar surface area (TPSA) is 98.7 Å². The average molecular weight is 378 g/mol. The smallest absolute Gasteiger partial charge is 0.316 e. The zero-order chi connectivity index (χ0) is 19.7. The minimum absolute atomic E-state index is 0.105. The van der Waals surface area contributed by atoms with Crippen molar-refractivity contribution < 1.29 is 13.7 Å². The normalized spacial score (nSPS) is 10.8. The van der Waals surface area contributed by atoms with E-state index in [0.717, 1.165) is 11.1 Å². The van der Waals surface area contributed by atoms with Gasteiger partial charge in [-0.15, -0.1) is 5.10 Å². The summed E-state index contributed by atoms with van der Waals surface area (Å²) in [5, 5.41) is 14.4. The number of carbonyl (C=O) groups excluding carboxylic acids is 1. The molecule has 0 aliphatic heterocycles. The molecule has 1 N–H and O–H groups in total. The molecule has 0 bridgehead atoms. The van der Waals surface area contributed by atoms with Gasteiger partial charge >= 0.3 is 11.8 Å². The summed E-state index contributed by atoms with van der Waals surface area (Å²) in [4.78, 5) is 16.4. The number of hydrogen-bond acceptors (Lipinski definition) is 6. The highest BCUT2D eigenvalue weighted by molar-refractivity contribution is 6.01. The predicted molar refractivity (Wildman–Crippen MR) is 98.5 cm³/mol. The number of aromatic nitrogens is 5. The van der Waals surface area contributed by atoms with Crippen LogP contribution in [0.5, 0.6) is 0 Å². The molecule has 0 unspecified atom stereocenters. The second-order valence-electron chi connectivity index (χ2n) is 6.28. The number of rotatable bonds is 4. The largest absolute Gasteiger partial charge is 0.328 e. The summed E-state index contributed by atoms with van der Waals surface area (Å²) in [6.45, 7) is 3.88. The summed E-state index contributed by atoms with van der Waals surface area (Å²) in [5.74, 6) is -1.01. The molecule has 0 saturated carbocycles. The van der Waals surface area contributed by atoms with Gasteiger partial charge < -0.3 is 9.84 Å². The van der Waals surface area contributed by atoms with Crippen molar-refractivity contribution in [2.45, 2.75) is 13.8 Å². The molecule has 28 heavy (non-hydrogen) atoms. The molecular formula is C19H15FN6O2. The van der Waals surface area contributed by atoms with Gasteiger partial charge in [-0.3, -0.25) is 4.79 Å². The van der Waals surface area contributed by atoms with Crippen LogP contribution in [0.1, 0.15) is 21.8 Å². The Bertz CT molecular complexity index is 1150. The summed E-state index contributed by atoms with van der Waals surface area (Å²) in [7, 11) is 0. The van der Waals surface area contributed by atoms with Gasteiger partial charge in [0.15, 0.2) is 5.69 Å². The lowest BCUT2D eigenvalue weighted by Gasteiger charge is -2.04. The minimum Gasteiger partial charge on any atom is -0.328 e. The van der Waals surface area contributed by atoms with Gasteiger partial charge in [-0.25, -0.2) is 9.07 Å². The molecule has 0 fully saturated rings. The summed E-state index contributed by atoms with van der Waals surface area (Å²) in [6, 6.07) is 11.6. The van der Waals surface area contributed by atoms with Crippen molar-refractivity contribution in [2.24, 2.45) is 0 Å². The molecule has 0 radical (unpaired) electrons. The van der Waals surface area contributed by atoms with E-state index in [2.05, 4.69) is 25.8 Å².